The summed E-state index contributed by atoms with van der Waals surface area (Å²) in [7, 11) is 0. The standard InChI is InChI=1S/C15H19N3OS/c1-9-6-4-5-7-12(9)13(14(16)19)8-17-15-18-10(2)11(3)20-15/h4-7,13H,8H2,1-3H3,(H2,16,19)(H,17,18). The van der Waals surface area contributed by atoms with E-state index in [0.717, 1.165) is 22.0 Å². The molecule has 0 radical (unpaired) electrons. The van der Waals surface area contributed by atoms with Gasteiger partial charge >= 0.3 is 0 Å². The number of rotatable bonds is 5. The average Bonchev–Trinajstić information content (AvgIpc) is 2.71. The number of nitrogens with zero attached hydrogens (tertiary/aromatic N) is 1. The summed E-state index contributed by atoms with van der Waals surface area (Å²) in [5, 5.41) is 4.05. The summed E-state index contributed by atoms with van der Waals surface area (Å²) in [5.74, 6) is -0.669. The number of anilines is 1. The zero-order valence-corrected chi connectivity index (χ0v) is 12.8. The Labute approximate surface area is 123 Å². The molecule has 1 aromatic carbocycles. The van der Waals surface area contributed by atoms with Crippen molar-refractivity contribution in [3.63, 3.8) is 0 Å². The van der Waals surface area contributed by atoms with Crippen molar-refractivity contribution in [1.82, 2.24) is 4.98 Å². The lowest BCUT2D eigenvalue weighted by Gasteiger charge is -2.16. The molecule has 1 unspecified atom stereocenters. The second-order valence-electron chi connectivity index (χ2n) is 4.85. The summed E-state index contributed by atoms with van der Waals surface area (Å²) in [5.41, 5.74) is 8.60. The summed E-state index contributed by atoms with van der Waals surface area (Å²) in [6.07, 6.45) is 0. The highest BCUT2D eigenvalue weighted by Gasteiger charge is 2.19. The number of aromatic nitrogens is 1. The van der Waals surface area contributed by atoms with Crippen molar-refractivity contribution >= 4 is 22.4 Å². The van der Waals surface area contributed by atoms with E-state index >= 15 is 0 Å². The molecule has 0 aliphatic heterocycles. The molecule has 0 aliphatic rings. The van der Waals surface area contributed by atoms with E-state index in [1.807, 2.05) is 45.0 Å². The summed E-state index contributed by atoms with van der Waals surface area (Å²) >= 11 is 1.59. The van der Waals surface area contributed by atoms with Gasteiger partial charge in [-0.05, 0) is 31.9 Å². The molecule has 0 bridgehead atoms. The normalized spacial score (nSPS) is 12.2. The maximum absolute atomic E-state index is 11.7. The van der Waals surface area contributed by atoms with Gasteiger partial charge in [0.2, 0.25) is 5.91 Å². The van der Waals surface area contributed by atoms with Crippen LogP contribution in [-0.2, 0) is 4.79 Å². The predicted octanol–water partition coefficient (Wildman–Crippen LogP) is 2.75. The van der Waals surface area contributed by atoms with Gasteiger partial charge in [-0.1, -0.05) is 24.3 Å². The van der Waals surface area contributed by atoms with Gasteiger partial charge in [0.15, 0.2) is 5.13 Å². The number of thiazole rings is 1. The molecule has 2 aromatic rings. The first-order chi connectivity index (χ1) is 9.49. The summed E-state index contributed by atoms with van der Waals surface area (Å²) in [4.78, 5) is 17.3. The molecular formula is C15H19N3OS. The number of benzene rings is 1. The molecular weight excluding hydrogens is 270 g/mol. The van der Waals surface area contributed by atoms with Crippen LogP contribution < -0.4 is 11.1 Å². The fourth-order valence-electron chi connectivity index (χ4n) is 2.08. The van der Waals surface area contributed by atoms with E-state index in [9.17, 15) is 4.79 Å². The van der Waals surface area contributed by atoms with Crippen molar-refractivity contribution in [1.29, 1.82) is 0 Å². The minimum atomic E-state index is -0.347. The van der Waals surface area contributed by atoms with Crippen molar-refractivity contribution in [2.24, 2.45) is 5.73 Å². The Morgan fingerprint density at radius 3 is 2.60 bits per heavy atom. The summed E-state index contributed by atoms with van der Waals surface area (Å²) in [6, 6.07) is 7.82. The van der Waals surface area contributed by atoms with Crippen LogP contribution in [-0.4, -0.2) is 17.4 Å². The van der Waals surface area contributed by atoms with Gasteiger partial charge in [-0.2, -0.15) is 0 Å². The maximum atomic E-state index is 11.7. The van der Waals surface area contributed by atoms with Gasteiger partial charge < -0.3 is 11.1 Å². The average molecular weight is 289 g/mol. The monoisotopic (exact) mass is 289 g/mol. The molecule has 1 amide bonds. The van der Waals surface area contributed by atoms with Crippen LogP contribution in [0.3, 0.4) is 0 Å². The Kier molecular flexibility index (Phi) is 4.39. The molecule has 3 N–H and O–H groups in total. The van der Waals surface area contributed by atoms with E-state index in [0.29, 0.717) is 6.54 Å². The fourth-order valence-corrected chi connectivity index (χ4v) is 2.90. The molecule has 1 heterocycles. The number of hydrogen-bond acceptors (Lipinski definition) is 4. The van der Waals surface area contributed by atoms with Crippen molar-refractivity contribution in [3.05, 3.63) is 46.0 Å². The Balaban J connectivity index is 2.15. The summed E-state index contributed by atoms with van der Waals surface area (Å²) < 4.78 is 0. The van der Waals surface area contributed by atoms with Crippen LogP contribution >= 0.6 is 11.3 Å². The van der Waals surface area contributed by atoms with Gasteiger partial charge in [0, 0.05) is 11.4 Å². The van der Waals surface area contributed by atoms with E-state index in [1.165, 1.54) is 4.88 Å². The molecule has 106 valence electrons. The van der Waals surface area contributed by atoms with E-state index < -0.39 is 0 Å². The molecule has 2 rings (SSSR count). The van der Waals surface area contributed by atoms with Crippen LogP contribution in [0, 0.1) is 20.8 Å². The van der Waals surface area contributed by atoms with E-state index in [-0.39, 0.29) is 11.8 Å². The van der Waals surface area contributed by atoms with E-state index in [1.54, 1.807) is 11.3 Å². The predicted molar refractivity (Wildman–Crippen MR) is 83.2 cm³/mol. The van der Waals surface area contributed by atoms with Crippen LogP contribution in [0.2, 0.25) is 0 Å². The minimum Gasteiger partial charge on any atom is -0.369 e. The quantitative estimate of drug-likeness (QED) is 0.889. The lowest BCUT2D eigenvalue weighted by Crippen LogP contribution is -2.28. The second-order valence-corrected chi connectivity index (χ2v) is 6.06. The lowest BCUT2D eigenvalue weighted by atomic mass is 9.94. The number of primary amides is 1. The van der Waals surface area contributed by atoms with Crippen molar-refractivity contribution in [2.75, 3.05) is 11.9 Å². The maximum Gasteiger partial charge on any atom is 0.226 e. The number of nitrogens with one attached hydrogen (secondary N) is 1. The highest BCUT2D eigenvalue weighted by Crippen LogP contribution is 2.24. The van der Waals surface area contributed by atoms with Gasteiger partial charge in [0.1, 0.15) is 0 Å². The third-order valence-electron chi connectivity index (χ3n) is 3.39. The molecule has 0 aliphatic carbocycles. The van der Waals surface area contributed by atoms with Crippen LogP contribution in [0.15, 0.2) is 24.3 Å². The van der Waals surface area contributed by atoms with E-state index in [4.69, 9.17) is 5.73 Å². The molecule has 0 fully saturated rings. The number of carbonyl (C=O) groups is 1. The smallest absolute Gasteiger partial charge is 0.226 e. The highest BCUT2D eigenvalue weighted by molar-refractivity contribution is 7.15. The Morgan fingerprint density at radius 1 is 1.35 bits per heavy atom. The van der Waals surface area contributed by atoms with Crippen LogP contribution in [0.4, 0.5) is 5.13 Å². The van der Waals surface area contributed by atoms with Crippen molar-refractivity contribution in [3.8, 4) is 0 Å². The first-order valence-electron chi connectivity index (χ1n) is 6.51. The Hall–Kier alpha value is -1.88. The van der Waals surface area contributed by atoms with E-state index in [2.05, 4.69) is 10.3 Å². The zero-order valence-electron chi connectivity index (χ0n) is 11.9. The third-order valence-corrected chi connectivity index (χ3v) is 4.42. The third kappa shape index (κ3) is 3.17. The number of hydrogen-bond donors (Lipinski definition) is 2. The summed E-state index contributed by atoms with van der Waals surface area (Å²) in [6.45, 7) is 6.46. The molecule has 5 heteroatoms. The molecule has 1 aromatic heterocycles. The van der Waals surface area contributed by atoms with Gasteiger partial charge in [-0.3, -0.25) is 4.79 Å². The largest absolute Gasteiger partial charge is 0.369 e. The van der Waals surface area contributed by atoms with Gasteiger partial charge in [-0.25, -0.2) is 4.98 Å². The molecule has 0 saturated carbocycles. The number of amides is 1. The molecule has 20 heavy (non-hydrogen) atoms. The van der Waals surface area contributed by atoms with Crippen molar-refractivity contribution in [2.45, 2.75) is 26.7 Å². The fraction of sp³-hybridized carbons (Fsp3) is 0.333. The Morgan fingerprint density at radius 2 is 2.05 bits per heavy atom. The van der Waals surface area contributed by atoms with Gasteiger partial charge in [-0.15, -0.1) is 11.3 Å². The van der Waals surface area contributed by atoms with Crippen LogP contribution in [0.25, 0.3) is 0 Å². The first kappa shape index (κ1) is 14.5. The SMILES string of the molecule is Cc1ccccc1C(CNc1nc(C)c(C)s1)C(N)=O. The molecule has 4 nitrogen and oxygen atoms in total. The van der Waals surface area contributed by atoms with Gasteiger partial charge in [0.25, 0.3) is 0 Å². The lowest BCUT2D eigenvalue weighted by molar-refractivity contribution is -0.119. The minimum absolute atomic E-state index is 0.322. The molecule has 1 atom stereocenters. The molecule has 0 spiro atoms. The zero-order chi connectivity index (χ0) is 14.7. The van der Waals surface area contributed by atoms with Crippen LogP contribution in [0.5, 0.6) is 0 Å². The van der Waals surface area contributed by atoms with Crippen molar-refractivity contribution < 1.29 is 4.79 Å². The number of nitrogens with two attached hydrogens (primary N) is 1. The number of aryl methyl sites for hydroxylation is 3. The molecule has 0 saturated heterocycles. The van der Waals surface area contributed by atoms with Crippen LogP contribution in [0.1, 0.15) is 27.6 Å². The Bertz CT molecular complexity index is 602. The topological polar surface area (TPSA) is 68.0 Å². The highest BCUT2D eigenvalue weighted by atomic mass is 32.1. The first-order valence-corrected chi connectivity index (χ1v) is 7.33. The van der Waals surface area contributed by atoms with Gasteiger partial charge in [0.05, 0.1) is 11.6 Å². The second kappa shape index (κ2) is 6.05. The number of carbonyl (C=O) groups excluding carboxylic acids is 1.